The fourth-order valence-corrected chi connectivity index (χ4v) is 2.38. The summed E-state index contributed by atoms with van der Waals surface area (Å²) in [4.78, 5) is 26.7. The molecule has 0 aliphatic rings. The zero-order chi connectivity index (χ0) is 17.7. The Bertz CT molecular complexity index is 727. The lowest BCUT2D eigenvalue weighted by Gasteiger charge is -2.21. The number of hydrogen-bond acceptors (Lipinski definition) is 4. The van der Waals surface area contributed by atoms with Crippen LogP contribution in [-0.4, -0.2) is 36.4 Å². The van der Waals surface area contributed by atoms with Crippen LogP contribution in [-0.2, 0) is 6.54 Å². The van der Waals surface area contributed by atoms with Crippen LogP contribution in [0.2, 0.25) is 0 Å². The zero-order valence-electron chi connectivity index (χ0n) is 14.1. The third kappa shape index (κ3) is 4.10. The number of nitro benzene ring substituents is 1. The van der Waals surface area contributed by atoms with Gasteiger partial charge in [-0.25, -0.2) is 0 Å². The van der Waals surface area contributed by atoms with Crippen molar-refractivity contribution in [3.05, 3.63) is 69.8 Å². The van der Waals surface area contributed by atoms with E-state index in [-0.39, 0.29) is 11.6 Å². The minimum atomic E-state index is -0.493. The number of carbonyl (C=O) groups is 1. The normalized spacial score (nSPS) is 10.3. The quantitative estimate of drug-likeness (QED) is 0.603. The molecule has 0 saturated heterocycles. The van der Waals surface area contributed by atoms with Gasteiger partial charge in [-0.3, -0.25) is 14.9 Å². The van der Waals surface area contributed by atoms with Crippen molar-refractivity contribution in [3.8, 4) is 0 Å². The van der Waals surface area contributed by atoms with Crippen molar-refractivity contribution in [1.82, 2.24) is 4.90 Å². The summed E-state index contributed by atoms with van der Waals surface area (Å²) < 4.78 is 0. The van der Waals surface area contributed by atoms with Crippen LogP contribution in [0.5, 0.6) is 0 Å². The van der Waals surface area contributed by atoms with Crippen molar-refractivity contribution in [2.45, 2.75) is 13.5 Å². The molecular weight excluding hydrogens is 306 g/mol. The van der Waals surface area contributed by atoms with Crippen LogP contribution in [0.1, 0.15) is 22.8 Å². The largest absolute Gasteiger partial charge is 0.378 e. The molecule has 0 N–H and O–H groups in total. The molecule has 0 aliphatic heterocycles. The summed E-state index contributed by atoms with van der Waals surface area (Å²) in [5.41, 5.74) is 2.36. The minimum absolute atomic E-state index is 0.0766. The Kier molecular flexibility index (Phi) is 5.52. The number of amides is 1. The molecule has 0 fully saturated rings. The van der Waals surface area contributed by atoms with Gasteiger partial charge in [-0.1, -0.05) is 18.2 Å². The summed E-state index contributed by atoms with van der Waals surface area (Å²) in [6, 6.07) is 13.8. The average molecular weight is 327 g/mol. The molecule has 6 heteroatoms. The molecule has 24 heavy (non-hydrogen) atoms. The molecule has 2 aromatic rings. The van der Waals surface area contributed by atoms with Gasteiger partial charge in [-0.05, 0) is 30.7 Å². The Morgan fingerprint density at radius 1 is 1.12 bits per heavy atom. The average Bonchev–Trinajstić information content (AvgIpc) is 2.59. The number of carbonyl (C=O) groups excluding carboxylic acids is 1. The highest BCUT2D eigenvalue weighted by molar-refractivity contribution is 5.94. The van der Waals surface area contributed by atoms with E-state index in [0.29, 0.717) is 18.7 Å². The Morgan fingerprint density at radius 3 is 2.33 bits per heavy atom. The first kappa shape index (κ1) is 17.5. The van der Waals surface area contributed by atoms with E-state index in [1.165, 1.54) is 18.2 Å². The van der Waals surface area contributed by atoms with Gasteiger partial charge in [-0.15, -0.1) is 0 Å². The molecule has 0 saturated carbocycles. The molecule has 0 unspecified atom stereocenters. The highest BCUT2D eigenvalue weighted by Gasteiger charge is 2.17. The van der Waals surface area contributed by atoms with Crippen molar-refractivity contribution in [2.24, 2.45) is 0 Å². The van der Waals surface area contributed by atoms with Crippen LogP contribution in [0.15, 0.2) is 48.5 Å². The highest BCUT2D eigenvalue weighted by atomic mass is 16.6. The minimum Gasteiger partial charge on any atom is -0.378 e. The van der Waals surface area contributed by atoms with Crippen LogP contribution in [0.3, 0.4) is 0 Å². The summed E-state index contributed by atoms with van der Waals surface area (Å²) in [6.45, 7) is 2.88. The number of non-ortho nitro benzene ring substituents is 1. The maximum Gasteiger partial charge on any atom is 0.270 e. The number of rotatable bonds is 6. The standard InChI is InChI=1S/C18H21N3O3/c1-4-20(13-14-8-10-16(11-9-14)19(2)3)18(22)15-6-5-7-17(12-15)21(23)24/h5-12H,4,13H2,1-3H3. The lowest BCUT2D eigenvalue weighted by molar-refractivity contribution is -0.384. The molecule has 2 rings (SSSR count). The monoisotopic (exact) mass is 327 g/mol. The number of hydrogen-bond donors (Lipinski definition) is 0. The Balaban J connectivity index is 2.17. The second kappa shape index (κ2) is 7.59. The first-order valence-electron chi connectivity index (χ1n) is 7.72. The second-order valence-corrected chi connectivity index (χ2v) is 5.69. The molecule has 0 aliphatic carbocycles. The third-order valence-corrected chi connectivity index (χ3v) is 3.80. The number of anilines is 1. The summed E-state index contributed by atoms with van der Waals surface area (Å²) >= 11 is 0. The van der Waals surface area contributed by atoms with E-state index in [0.717, 1.165) is 11.3 Å². The van der Waals surface area contributed by atoms with Gasteiger partial charge in [0.2, 0.25) is 0 Å². The third-order valence-electron chi connectivity index (χ3n) is 3.80. The van der Waals surface area contributed by atoms with E-state index in [1.807, 2.05) is 50.2 Å². The maximum absolute atomic E-state index is 12.6. The van der Waals surface area contributed by atoms with Crippen molar-refractivity contribution in [3.63, 3.8) is 0 Å². The Morgan fingerprint density at radius 2 is 1.79 bits per heavy atom. The highest BCUT2D eigenvalue weighted by Crippen LogP contribution is 2.17. The Labute approximate surface area is 141 Å². The summed E-state index contributed by atoms with van der Waals surface area (Å²) in [5.74, 6) is -0.210. The lowest BCUT2D eigenvalue weighted by atomic mass is 10.1. The summed E-state index contributed by atoms with van der Waals surface area (Å²) in [5, 5.41) is 10.9. The molecule has 1 amide bonds. The molecule has 0 radical (unpaired) electrons. The molecule has 126 valence electrons. The smallest absolute Gasteiger partial charge is 0.270 e. The van der Waals surface area contributed by atoms with E-state index in [9.17, 15) is 14.9 Å². The molecule has 0 aromatic heterocycles. The summed E-state index contributed by atoms with van der Waals surface area (Å²) in [7, 11) is 3.94. The predicted molar refractivity (Wildman–Crippen MR) is 94.3 cm³/mol. The number of nitro groups is 1. The first-order valence-corrected chi connectivity index (χ1v) is 7.72. The van der Waals surface area contributed by atoms with Crippen LogP contribution < -0.4 is 4.90 Å². The van der Waals surface area contributed by atoms with Crippen LogP contribution >= 0.6 is 0 Å². The van der Waals surface area contributed by atoms with E-state index >= 15 is 0 Å². The van der Waals surface area contributed by atoms with Gasteiger partial charge in [0.05, 0.1) is 4.92 Å². The fraction of sp³-hybridized carbons (Fsp3) is 0.278. The van der Waals surface area contributed by atoms with Crippen molar-refractivity contribution >= 4 is 17.3 Å². The van der Waals surface area contributed by atoms with Gasteiger partial charge >= 0.3 is 0 Å². The predicted octanol–water partition coefficient (Wildman–Crippen LogP) is 3.32. The molecular formula is C18H21N3O3. The SMILES string of the molecule is CCN(Cc1ccc(N(C)C)cc1)C(=O)c1cccc([N+](=O)[O-])c1. The van der Waals surface area contributed by atoms with Crippen molar-refractivity contribution in [1.29, 1.82) is 0 Å². The van der Waals surface area contributed by atoms with Crippen LogP contribution in [0.25, 0.3) is 0 Å². The molecule has 2 aromatic carbocycles. The van der Waals surface area contributed by atoms with Crippen molar-refractivity contribution in [2.75, 3.05) is 25.5 Å². The fourth-order valence-electron chi connectivity index (χ4n) is 2.38. The molecule has 0 bridgehead atoms. The molecule has 0 spiro atoms. The topological polar surface area (TPSA) is 66.7 Å². The maximum atomic E-state index is 12.6. The van der Waals surface area contributed by atoms with Gasteiger partial charge in [0.15, 0.2) is 0 Å². The van der Waals surface area contributed by atoms with E-state index in [2.05, 4.69) is 0 Å². The van der Waals surface area contributed by atoms with E-state index in [4.69, 9.17) is 0 Å². The molecule has 0 heterocycles. The molecule has 6 nitrogen and oxygen atoms in total. The van der Waals surface area contributed by atoms with Gasteiger partial charge < -0.3 is 9.80 Å². The van der Waals surface area contributed by atoms with Gasteiger partial charge in [-0.2, -0.15) is 0 Å². The summed E-state index contributed by atoms with van der Waals surface area (Å²) in [6.07, 6.45) is 0. The van der Waals surface area contributed by atoms with Gasteiger partial charge in [0.25, 0.3) is 11.6 Å². The number of nitrogens with zero attached hydrogens (tertiary/aromatic N) is 3. The van der Waals surface area contributed by atoms with Gasteiger partial charge in [0.1, 0.15) is 0 Å². The van der Waals surface area contributed by atoms with E-state index < -0.39 is 4.92 Å². The first-order chi connectivity index (χ1) is 11.4. The molecule has 0 atom stereocenters. The number of benzene rings is 2. The van der Waals surface area contributed by atoms with Crippen LogP contribution in [0.4, 0.5) is 11.4 Å². The second-order valence-electron chi connectivity index (χ2n) is 5.69. The Hall–Kier alpha value is -2.89. The van der Waals surface area contributed by atoms with Crippen LogP contribution in [0, 0.1) is 10.1 Å². The van der Waals surface area contributed by atoms with Crippen molar-refractivity contribution < 1.29 is 9.72 Å². The van der Waals surface area contributed by atoms with E-state index in [1.54, 1.807) is 11.0 Å². The van der Waals surface area contributed by atoms with Gasteiger partial charge in [0, 0.05) is 50.6 Å². The lowest BCUT2D eigenvalue weighted by Crippen LogP contribution is -2.30. The zero-order valence-corrected chi connectivity index (χ0v) is 14.1.